The third-order valence-electron chi connectivity index (χ3n) is 1.43. The SMILES string of the molecule is N.O=C(c1ncc[nH]1)c1ncc[nH]1. The number of carbonyl (C=O) groups is 1. The van der Waals surface area contributed by atoms with E-state index in [1.54, 1.807) is 12.4 Å². The Labute approximate surface area is 74.0 Å². The number of hydrogen-bond acceptors (Lipinski definition) is 4. The first-order chi connectivity index (χ1) is 5.88. The minimum Gasteiger partial charge on any atom is -0.344 e. The second-order valence-electron chi connectivity index (χ2n) is 2.20. The molecule has 68 valence electrons. The van der Waals surface area contributed by atoms with Crippen LogP contribution in [0.3, 0.4) is 0 Å². The molecule has 2 aromatic rings. The van der Waals surface area contributed by atoms with E-state index in [4.69, 9.17) is 0 Å². The molecule has 2 aromatic heterocycles. The summed E-state index contributed by atoms with van der Waals surface area (Å²) in [6.45, 7) is 0. The highest BCUT2D eigenvalue weighted by atomic mass is 16.1. The van der Waals surface area contributed by atoms with E-state index in [9.17, 15) is 4.79 Å². The van der Waals surface area contributed by atoms with E-state index in [1.807, 2.05) is 0 Å². The van der Waals surface area contributed by atoms with Gasteiger partial charge < -0.3 is 16.1 Å². The molecule has 0 unspecified atom stereocenters. The van der Waals surface area contributed by atoms with Gasteiger partial charge in [0.05, 0.1) is 0 Å². The number of imidazole rings is 2. The van der Waals surface area contributed by atoms with Crippen molar-refractivity contribution in [3.63, 3.8) is 0 Å². The van der Waals surface area contributed by atoms with E-state index in [1.165, 1.54) is 12.4 Å². The smallest absolute Gasteiger partial charge is 0.263 e. The molecule has 0 amide bonds. The normalized spacial score (nSPS) is 9.23. The average Bonchev–Trinajstić information content (AvgIpc) is 2.77. The first kappa shape index (κ1) is 9.14. The standard InChI is InChI=1S/C7H6N4O.H3N/c12-5(6-8-1-2-9-6)7-10-3-4-11-7;/h1-4H,(H,8,9)(H,10,11);1H3. The van der Waals surface area contributed by atoms with Crippen LogP contribution in [0.1, 0.15) is 16.4 Å². The van der Waals surface area contributed by atoms with Gasteiger partial charge in [-0.2, -0.15) is 0 Å². The lowest BCUT2D eigenvalue weighted by molar-refractivity contribution is 0.102. The molecule has 0 aromatic carbocycles. The van der Waals surface area contributed by atoms with Crippen LogP contribution in [0, 0.1) is 0 Å². The van der Waals surface area contributed by atoms with Gasteiger partial charge in [-0.05, 0) is 0 Å². The molecule has 0 aliphatic carbocycles. The van der Waals surface area contributed by atoms with Crippen molar-refractivity contribution in [3.05, 3.63) is 36.4 Å². The number of nitrogens with one attached hydrogen (secondary N) is 2. The van der Waals surface area contributed by atoms with Gasteiger partial charge in [-0.25, -0.2) is 9.97 Å². The number of hydrogen-bond donors (Lipinski definition) is 3. The molecule has 0 spiro atoms. The van der Waals surface area contributed by atoms with Crippen molar-refractivity contribution in [3.8, 4) is 0 Å². The quantitative estimate of drug-likeness (QED) is 0.584. The molecule has 2 rings (SSSR count). The highest BCUT2D eigenvalue weighted by Crippen LogP contribution is 1.98. The summed E-state index contributed by atoms with van der Waals surface area (Å²) < 4.78 is 0. The fourth-order valence-corrected chi connectivity index (χ4v) is 0.891. The summed E-state index contributed by atoms with van der Waals surface area (Å²) in [5, 5.41) is 0. The van der Waals surface area contributed by atoms with Crippen LogP contribution in [-0.2, 0) is 0 Å². The molecular weight excluding hydrogens is 170 g/mol. The van der Waals surface area contributed by atoms with Crippen LogP contribution in [0.25, 0.3) is 0 Å². The van der Waals surface area contributed by atoms with E-state index in [0.29, 0.717) is 11.6 Å². The fraction of sp³-hybridized carbons (Fsp3) is 0. The van der Waals surface area contributed by atoms with Crippen LogP contribution in [0.4, 0.5) is 0 Å². The number of nitrogens with zero attached hydrogens (tertiary/aromatic N) is 2. The Hall–Kier alpha value is -1.95. The molecule has 0 aliphatic rings. The Morgan fingerprint density at radius 3 is 1.85 bits per heavy atom. The fourth-order valence-electron chi connectivity index (χ4n) is 0.891. The molecule has 0 saturated carbocycles. The number of carbonyl (C=O) groups excluding carboxylic acids is 1. The zero-order chi connectivity index (χ0) is 8.39. The lowest BCUT2D eigenvalue weighted by atomic mass is 10.3. The van der Waals surface area contributed by atoms with Gasteiger partial charge in [0.1, 0.15) is 0 Å². The van der Waals surface area contributed by atoms with Crippen molar-refractivity contribution in [2.75, 3.05) is 0 Å². The van der Waals surface area contributed by atoms with Gasteiger partial charge in [0.25, 0.3) is 5.78 Å². The van der Waals surface area contributed by atoms with Crippen molar-refractivity contribution >= 4 is 5.78 Å². The minimum absolute atomic E-state index is 0. The van der Waals surface area contributed by atoms with Crippen LogP contribution in [0.5, 0.6) is 0 Å². The minimum atomic E-state index is -0.231. The summed E-state index contributed by atoms with van der Waals surface area (Å²) in [6, 6.07) is 0. The number of aromatic nitrogens is 4. The van der Waals surface area contributed by atoms with Gasteiger partial charge in [0.15, 0.2) is 11.6 Å². The van der Waals surface area contributed by atoms with Gasteiger partial charge in [0.2, 0.25) is 0 Å². The van der Waals surface area contributed by atoms with Crippen molar-refractivity contribution < 1.29 is 4.79 Å². The Kier molecular flexibility index (Phi) is 2.56. The number of H-pyrrole nitrogens is 2. The van der Waals surface area contributed by atoms with Gasteiger partial charge in [-0.3, -0.25) is 4.79 Å². The summed E-state index contributed by atoms with van der Waals surface area (Å²) in [7, 11) is 0. The maximum Gasteiger partial charge on any atom is 0.263 e. The summed E-state index contributed by atoms with van der Waals surface area (Å²) in [6.07, 6.45) is 6.23. The average molecular weight is 179 g/mol. The van der Waals surface area contributed by atoms with Crippen LogP contribution >= 0.6 is 0 Å². The molecule has 0 bridgehead atoms. The van der Waals surface area contributed by atoms with Crippen molar-refractivity contribution in [2.45, 2.75) is 0 Å². The van der Waals surface area contributed by atoms with Crippen LogP contribution < -0.4 is 6.15 Å². The van der Waals surface area contributed by atoms with E-state index in [-0.39, 0.29) is 11.9 Å². The Morgan fingerprint density at radius 1 is 1.08 bits per heavy atom. The largest absolute Gasteiger partial charge is 0.344 e. The van der Waals surface area contributed by atoms with Crippen LogP contribution in [0.15, 0.2) is 24.8 Å². The molecule has 0 radical (unpaired) electrons. The van der Waals surface area contributed by atoms with E-state index in [0.717, 1.165) is 0 Å². The maximum atomic E-state index is 11.4. The Morgan fingerprint density at radius 2 is 1.54 bits per heavy atom. The van der Waals surface area contributed by atoms with E-state index >= 15 is 0 Å². The van der Waals surface area contributed by atoms with Gasteiger partial charge >= 0.3 is 0 Å². The van der Waals surface area contributed by atoms with Crippen molar-refractivity contribution in [1.82, 2.24) is 26.1 Å². The van der Waals surface area contributed by atoms with Crippen LogP contribution in [-0.4, -0.2) is 25.7 Å². The zero-order valence-electron chi connectivity index (χ0n) is 6.82. The summed E-state index contributed by atoms with van der Waals surface area (Å²) in [4.78, 5) is 24.4. The molecule has 0 atom stereocenters. The summed E-state index contributed by atoms with van der Waals surface area (Å²) in [5.74, 6) is 0.361. The highest BCUT2D eigenvalue weighted by Gasteiger charge is 2.12. The molecule has 6 nitrogen and oxygen atoms in total. The summed E-state index contributed by atoms with van der Waals surface area (Å²) in [5.41, 5.74) is 0. The monoisotopic (exact) mass is 179 g/mol. The molecule has 0 aliphatic heterocycles. The van der Waals surface area contributed by atoms with E-state index in [2.05, 4.69) is 19.9 Å². The third kappa shape index (κ3) is 1.62. The number of rotatable bonds is 2. The second kappa shape index (κ2) is 3.63. The second-order valence-corrected chi connectivity index (χ2v) is 2.20. The molecular formula is C7H9N5O. The first-order valence-electron chi connectivity index (χ1n) is 3.41. The molecule has 0 fully saturated rings. The Balaban J connectivity index is 0.000000845. The van der Waals surface area contributed by atoms with E-state index < -0.39 is 0 Å². The number of aromatic amines is 2. The third-order valence-corrected chi connectivity index (χ3v) is 1.43. The highest BCUT2D eigenvalue weighted by molar-refractivity contribution is 6.03. The van der Waals surface area contributed by atoms with Crippen molar-refractivity contribution in [1.29, 1.82) is 0 Å². The predicted molar refractivity (Wildman–Crippen MR) is 45.6 cm³/mol. The Bertz CT molecular complexity index is 327. The lowest BCUT2D eigenvalue weighted by Crippen LogP contribution is -2.05. The first-order valence-corrected chi connectivity index (χ1v) is 3.41. The van der Waals surface area contributed by atoms with Gasteiger partial charge in [0, 0.05) is 24.8 Å². The van der Waals surface area contributed by atoms with Crippen molar-refractivity contribution in [2.24, 2.45) is 0 Å². The maximum absolute atomic E-state index is 11.4. The van der Waals surface area contributed by atoms with Crippen LogP contribution in [0.2, 0.25) is 0 Å². The molecule has 13 heavy (non-hydrogen) atoms. The predicted octanol–water partition coefficient (Wildman–Crippen LogP) is 0.526. The van der Waals surface area contributed by atoms with Gasteiger partial charge in [-0.15, -0.1) is 0 Å². The topological polar surface area (TPSA) is 109 Å². The zero-order valence-corrected chi connectivity index (χ0v) is 6.82. The molecule has 2 heterocycles. The molecule has 6 heteroatoms. The molecule has 0 saturated heterocycles. The number of ketones is 1. The molecule has 5 N–H and O–H groups in total. The lowest BCUT2D eigenvalue weighted by Gasteiger charge is -1.89. The summed E-state index contributed by atoms with van der Waals surface area (Å²) >= 11 is 0. The van der Waals surface area contributed by atoms with Gasteiger partial charge in [-0.1, -0.05) is 0 Å².